The molecule has 19 heavy (non-hydrogen) atoms. The zero-order chi connectivity index (χ0) is 13.7. The Hall–Kier alpha value is -1.13. The number of hydrogen-bond donors (Lipinski definition) is 1. The van der Waals surface area contributed by atoms with E-state index in [2.05, 4.69) is 49.2 Å². The molecule has 1 aliphatic rings. The molecule has 0 radical (unpaired) electrons. The number of rotatable bonds is 5. The van der Waals surface area contributed by atoms with E-state index in [1.807, 2.05) is 0 Å². The van der Waals surface area contributed by atoms with Crippen LogP contribution in [0.25, 0.3) is 0 Å². The molecule has 1 atom stereocenters. The maximum atomic E-state index is 5.57. The molecule has 1 aliphatic heterocycles. The fraction of sp³-hybridized carbons (Fsp3) is 0.667. The van der Waals surface area contributed by atoms with Crippen LogP contribution in [0.4, 0.5) is 5.82 Å². The van der Waals surface area contributed by atoms with Crippen LogP contribution in [-0.2, 0) is 11.3 Å². The Kier molecular flexibility index (Phi) is 5.16. The number of morpholine rings is 1. The third-order valence-corrected chi connectivity index (χ3v) is 3.22. The predicted molar refractivity (Wildman–Crippen MR) is 78.4 cm³/mol. The quantitative estimate of drug-likeness (QED) is 0.882. The van der Waals surface area contributed by atoms with Crippen LogP contribution in [0.1, 0.15) is 26.5 Å². The van der Waals surface area contributed by atoms with Gasteiger partial charge in [-0.25, -0.2) is 4.98 Å². The highest BCUT2D eigenvalue weighted by Gasteiger charge is 2.17. The van der Waals surface area contributed by atoms with Crippen LogP contribution in [-0.4, -0.2) is 37.3 Å². The molecule has 1 saturated heterocycles. The first-order valence-corrected chi connectivity index (χ1v) is 7.18. The zero-order valence-corrected chi connectivity index (χ0v) is 12.2. The number of ether oxygens (including phenoxy) is 1. The van der Waals surface area contributed by atoms with Crippen molar-refractivity contribution in [1.29, 1.82) is 0 Å². The van der Waals surface area contributed by atoms with Crippen molar-refractivity contribution >= 4 is 5.82 Å². The van der Waals surface area contributed by atoms with Crippen molar-refractivity contribution in [3.05, 3.63) is 23.9 Å². The maximum absolute atomic E-state index is 5.57. The second-order valence-corrected chi connectivity index (χ2v) is 5.64. The first-order chi connectivity index (χ1) is 9.15. The van der Waals surface area contributed by atoms with E-state index in [0.717, 1.165) is 44.3 Å². The Morgan fingerprint density at radius 2 is 2.32 bits per heavy atom. The fourth-order valence-electron chi connectivity index (χ4n) is 2.26. The Morgan fingerprint density at radius 3 is 3.05 bits per heavy atom. The SMILES string of the molecule is CC(C)CNCc1cccc(N2CCOC(C)C2)n1. The lowest BCUT2D eigenvalue weighted by molar-refractivity contribution is 0.0529. The van der Waals surface area contributed by atoms with Crippen LogP contribution in [0.5, 0.6) is 0 Å². The van der Waals surface area contributed by atoms with Gasteiger partial charge in [0.25, 0.3) is 0 Å². The van der Waals surface area contributed by atoms with Gasteiger partial charge in [0.1, 0.15) is 5.82 Å². The topological polar surface area (TPSA) is 37.4 Å². The first kappa shape index (κ1) is 14.3. The molecular formula is C15H25N3O. The van der Waals surface area contributed by atoms with Crippen LogP contribution in [0.2, 0.25) is 0 Å². The molecule has 0 amide bonds. The molecule has 0 saturated carbocycles. The highest BCUT2D eigenvalue weighted by atomic mass is 16.5. The lowest BCUT2D eigenvalue weighted by Gasteiger charge is -2.32. The standard InChI is InChI=1S/C15H25N3O/c1-12(2)9-16-10-14-5-4-6-15(17-14)18-7-8-19-13(3)11-18/h4-6,12-13,16H,7-11H2,1-3H3. The van der Waals surface area contributed by atoms with Gasteiger partial charge >= 0.3 is 0 Å². The minimum Gasteiger partial charge on any atom is -0.375 e. The van der Waals surface area contributed by atoms with Crippen molar-refractivity contribution in [3.8, 4) is 0 Å². The van der Waals surface area contributed by atoms with E-state index < -0.39 is 0 Å². The van der Waals surface area contributed by atoms with Crippen molar-refractivity contribution in [3.63, 3.8) is 0 Å². The lowest BCUT2D eigenvalue weighted by atomic mass is 10.2. The van der Waals surface area contributed by atoms with Crippen LogP contribution >= 0.6 is 0 Å². The van der Waals surface area contributed by atoms with Gasteiger partial charge in [-0.15, -0.1) is 0 Å². The van der Waals surface area contributed by atoms with Gasteiger partial charge in [-0.05, 0) is 31.5 Å². The molecule has 2 heterocycles. The molecular weight excluding hydrogens is 238 g/mol. The van der Waals surface area contributed by atoms with Gasteiger partial charge in [0.15, 0.2) is 0 Å². The number of nitrogens with zero attached hydrogens (tertiary/aromatic N) is 2. The summed E-state index contributed by atoms with van der Waals surface area (Å²) < 4.78 is 5.57. The molecule has 1 unspecified atom stereocenters. The van der Waals surface area contributed by atoms with Crippen LogP contribution in [0.15, 0.2) is 18.2 Å². The van der Waals surface area contributed by atoms with E-state index in [0.29, 0.717) is 12.0 Å². The average Bonchev–Trinajstić information content (AvgIpc) is 2.39. The lowest BCUT2D eigenvalue weighted by Crippen LogP contribution is -2.41. The molecule has 1 aromatic rings. The van der Waals surface area contributed by atoms with Crippen LogP contribution in [0.3, 0.4) is 0 Å². The van der Waals surface area contributed by atoms with E-state index in [1.165, 1.54) is 0 Å². The molecule has 1 aromatic heterocycles. The molecule has 0 bridgehead atoms. The summed E-state index contributed by atoms with van der Waals surface area (Å²) >= 11 is 0. The Labute approximate surface area is 116 Å². The summed E-state index contributed by atoms with van der Waals surface area (Å²) in [5, 5.41) is 3.43. The van der Waals surface area contributed by atoms with Gasteiger partial charge in [0.05, 0.1) is 18.4 Å². The monoisotopic (exact) mass is 263 g/mol. The second kappa shape index (κ2) is 6.87. The highest BCUT2D eigenvalue weighted by Crippen LogP contribution is 2.15. The number of aromatic nitrogens is 1. The van der Waals surface area contributed by atoms with Gasteiger partial charge in [-0.1, -0.05) is 19.9 Å². The number of anilines is 1. The maximum Gasteiger partial charge on any atom is 0.129 e. The number of hydrogen-bond acceptors (Lipinski definition) is 4. The third-order valence-electron chi connectivity index (χ3n) is 3.22. The van der Waals surface area contributed by atoms with Crippen molar-refractivity contribution in [1.82, 2.24) is 10.3 Å². The van der Waals surface area contributed by atoms with Gasteiger partial charge in [-0.3, -0.25) is 0 Å². The fourth-order valence-corrected chi connectivity index (χ4v) is 2.26. The average molecular weight is 263 g/mol. The van der Waals surface area contributed by atoms with Gasteiger partial charge in [0, 0.05) is 19.6 Å². The normalized spacial score (nSPS) is 20.0. The molecule has 1 N–H and O–H groups in total. The molecule has 106 valence electrons. The summed E-state index contributed by atoms with van der Waals surface area (Å²) in [7, 11) is 0. The Morgan fingerprint density at radius 1 is 1.47 bits per heavy atom. The number of nitrogens with one attached hydrogen (secondary N) is 1. The largest absolute Gasteiger partial charge is 0.375 e. The van der Waals surface area contributed by atoms with Crippen molar-refractivity contribution in [2.24, 2.45) is 5.92 Å². The Bertz CT molecular complexity index is 395. The molecule has 0 spiro atoms. The summed E-state index contributed by atoms with van der Waals surface area (Å²) in [4.78, 5) is 7.04. The molecule has 0 aliphatic carbocycles. The van der Waals surface area contributed by atoms with E-state index in [1.54, 1.807) is 0 Å². The zero-order valence-electron chi connectivity index (χ0n) is 12.2. The van der Waals surface area contributed by atoms with Crippen molar-refractivity contribution in [2.75, 3.05) is 31.1 Å². The molecule has 1 fully saturated rings. The van der Waals surface area contributed by atoms with Crippen molar-refractivity contribution in [2.45, 2.75) is 33.4 Å². The first-order valence-electron chi connectivity index (χ1n) is 7.18. The molecule has 4 nitrogen and oxygen atoms in total. The van der Waals surface area contributed by atoms with Crippen molar-refractivity contribution < 1.29 is 4.74 Å². The smallest absolute Gasteiger partial charge is 0.129 e. The van der Waals surface area contributed by atoms with Crippen LogP contribution in [0, 0.1) is 5.92 Å². The van der Waals surface area contributed by atoms with E-state index in [4.69, 9.17) is 9.72 Å². The summed E-state index contributed by atoms with van der Waals surface area (Å²) in [5.74, 6) is 1.74. The van der Waals surface area contributed by atoms with Gasteiger partial charge in [-0.2, -0.15) is 0 Å². The minimum atomic E-state index is 0.290. The summed E-state index contributed by atoms with van der Waals surface area (Å²) in [5.41, 5.74) is 1.11. The summed E-state index contributed by atoms with van der Waals surface area (Å²) in [6.07, 6.45) is 0.290. The minimum absolute atomic E-state index is 0.290. The number of pyridine rings is 1. The van der Waals surface area contributed by atoms with E-state index in [9.17, 15) is 0 Å². The summed E-state index contributed by atoms with van der Waals surface area (Å²) in [6.45, 7) is 11.1. The van der Waals surface area contributed by atoms with Crippen LogP contribution < -0.4 is 10.2 Å². The summed E-state index contributed by atoms with van der Waals surface area (Å²) in [6, 6.07) is 6.26. The second-order valence-electron chi connectivity index (χ2n) is 5.64. The van der Waals surface area contributed by atoms with E-state index >= 15 is 0 Å². The van der Waals surface area contributed by atoms with Gasteiger partial charge in [0.2, 0.25) is 0 Å². The van der Waals surface area contributed by atoms with E-state index in [-0.39, 0.29) is 0 Å². The highest BCUT2D eigenvalue weighted by molar-refractivity contribution is 5.39. The molecule has 2 rings (SSSR count). The molecule has 0 aromatic carbocycles. The Balaban J connectivity index is 1.94. The third kappa shape index (κ3) is 4.48. The predicted octanol–water partition coefficient (Wildman–Crippen LogP) is 2.05. The van der Waals surface area contributed by atoms with Gasteiger partial charge < -0.3 is 15.0 Å². The molecule has 4 heteroatoms.